The van der Waals surface area contributed by atoms with E-state index in [9.17, 15) is 4.79 Å². The molecule has 2 atom stereocenters. The van der Waals surface area contributed by atoms with E-state index in [-0.39, 0.29) is 17.1 Å². The number of hydrogen-bond acceptors (Lipinski definition) is 4. The molecule has 1 aliphatic heterocycles. The molecular weight excluding hydrogens is 254 g/mol. The van der Waals surface area contributed by atoms with Crippen molar-refractivity contribution in [3.05, 3.63) is 0 Å². The number of nitrogens with two attached hydrogens (primary N) is 2. The molecule has 116 valence electrons. The highest BCUT2D eigenvalue weighted by Crippen LogP contribution is 2.35. The lowest BCUT2D eigenvalue weighted by atomic mass is 9.78. The average Bonchev–Trinajstić information content (AvgIpc) is 2.24. The monoisotopic (exact) mass is 283 g/mol. The van der Waals surface area contributed by atoms with Gasteiger partial charge in [-0.1, -0.05) is 0 Å². The quantitative estimate of drug-likeness (QED) is 0.792. The first kappa shape index (κ1) is 15.7. The van der Waals surface area contributed by atoms with Gasteiger partial charge in [0.25, 0.3) is 0 Å². The fraction of sp³-hybridized carbons (Fsp3) is 0.933. The Labute approximate surface area is 122 Å². The minimum Gasteiger partial charge on any atom is -0.368 e. The van der Waals surface area contributed by atoms with Gasteiger partial charge in [0.05, 0.1) is 16.7 Å². The first-order chi connectivity index (χ1) is 9.03. The lowest BCUT2D eigenvalue weighted by Crippen LogP contribution is -2.63. The van der Waals surface area contributed by atoms with E-state index in [1.165, 1.54) is 0 Å². The van der Waals surface area contributed by atoms with E-state index in [2.05, 4.69) is 32.6 Å². The number of nitrogens with zero attached hydrogens (tertiary/aromatic N) is 1. The maximum absolute atomic E-state index is 11.6. The molecule has 2 rings (SSSR count). The van der Waals surface area contributed by atoms with Crippen molar-refractivity contribution in [3.63, 3.8) is 0 Å². The molecule has 1 saturated carbocycles. The van der Waals surface area contributed by atoms with Gasteiger partial charge in [-0.25, -0.2) is 0 Å². The van der Waals surface area contributed by atoms with E-state index in [4.69, 9.17) is 16.2 Å². The highest BCUT2D eigenvalue weighted by atomic mass is 16.5. The van der Waals surface area contributed by atoms with Gasteiger partial charge in [0, 0.05) is 19.1 Å². The van der Waals surface area contributed by atoms with E-state index in [1.54, 1.807) is 0 Å². The van der Waals surface area contributed by atoms with Crippen molar-refractivity contribution in [3.8, 4) is 0 Å². The zero-order valence-corrected chi connectivity index (χ0v) is 13.2. The summed E-state index contributed by atoms with van der Waals surface area (Å²) < 4.78 is 6.12. The lowest BCUT2D eigenvalue weighted by Gasteiger charge is -2.51. The molecule has 5 heteroatoms. The van der Waals surface area contributed by atoms with Crippen LogP contribution in [0.5, 0.6) is 0 Å². The zero-order valence-electron chi connectivity index (χ0n) is 13.2. The Balaban J connectivity index is 2.12. The number of amides is 1. The van der Waals surface area contributed by atoms with Crippen molar-refractivity contribution < 1.29 is 9.53 Å². The van der Waals surface area contributed by atoms with Gasteiger partial charge < -0.3 is 16.2 Å². The molecule has 1 aliphatic carbocycles. The van der Waals surface area contributed by atoms with Gasteiger partial charge in [-0.2, -0.15) is 0 Å². The van der Waals surface area contributed by atoms with Gasteiger partial charge in [-0.05, 0) is 53.4 Å². The number of primary amides is 1. The Morgan fingerprint density at radius 2 is 1.75 bits per heavy atom. The van der Waals surface area contributed by atoms with Crippen molar-refractivity contribution in [1.29, 1.82) is 0 Å². The van der Waals surface area contributed by atoms with Crippen LogP contribution in [-0.2, 0) is 9.53 Å². The molecule has 2 aliphatic rings. The largest absolute Gasteiger partial charge is 0.368 e. The van der Waals surface area contributed by atoms with Crippen LogP contribution in [-0.4, -0.2) is 46.7 Å². The van der Waals surface area contributed by atoms with E-state index in [0.29, 0.717) is 18.9 Å². The molecule has 2 unspecified atom stereocenters. The molecule has 0 aromatic rings. The molecule has 2 fully saturated rings. The van der Waals surface area contributed by atoms with E-state index >= 15 is 0 Å². The molecule has 1 saturated heterocycles. The standard InChI is InChI=1S/C15H29N3O2/c1-13(2)9-18(10-14(3,4)20-13)11-6-5-7-15(17,8-11)12(16)19/h11H,5-10,17H2,1-4H3,(H2,16,19). The van der Waals surface area contributed by atoms with Crippen LogP contribution in [0.25, 0.3) is 0 Å². The van der Waals surface area contributed by atoms with Crippen LogP contribution in [0.2, 0.25) is 0 Å². The van der Waals surface area contributed by atoms with Gasteiger partial charge in [-0.15, -0.1) is 0 Å². The van der Waals surface area contributed by atoms with Crippen LogP contribution in [0.4, 0.5) is 0 Å². The number of carbonyl (C=O) groups is 1. The topological polar surface area (TPSA) is 81.6 Å². The van der Waals surface area contributed by atoms with Crippen LogP contribution in [0, 0.1) is 0 Å². The molecule has 1 heterocycles. The summed E-state index contributed by atoms with van der Waals surface area (Å²) >= 11 is 0. The number of carbonyl (C=O) groups excluding carboxylic acids is 1. The first-order valence-electron chi connectivity index (χ1n) is 7.56. The molecule has 0 aromatic heterocycles. The average molecular weight is 283 g/mol. The van der Waals surface area contributed by atoms with Crippen molar-refractivity contribution >= 4 is 5.91 Å². The van der Waals surface area contributed by atoms with E-state index in [1.807, 2.05) is 0 Å². The third-order valence-electron chi connectivity index (χ3n) is 4.49. The fourth-order valence-electron chi connectivity index (χ4n) is 3.92. The predicted molar refractivity (Wildman–Crippen MR) is 79.2 cm³/mol. The third kappa shape index (κ3) is 3.32. The minimum atomic E-state index is -0.838. The highest BCUT2D eigenvalue weighted by molar-refractivity contribution is 5.84. The molecule has 0 aromatic carbocycles. The Morgan fingerprint density at radius 1 is 1.20 bits per heavy atom. The Bertz CT molecular complexity index is 379. The second-order valence-electron chi connectivity index (χ2n) is 7.80. The van der Waals surface area contributed by atoms with Gasteiger partial charge in [-0.3, -0.25) is 9.69 Å². The Hall–Kier alpha value is -0.650. The fourth-order valence-corrected chi connectivity index (χ4v) is 3.92. The summed E-state index contributed by atoms with van der Waals surface area (Å²) in [6, 6.07) is 0.323. The number of morpholine rings is 1. The molecule has 5 nitrogen and oxygen atoms in total. The van der Waals surface area contributed by atoms with Gasteiger partial charge in [0.2, 0.25) is 5.91 Å². The lowest BCUT2D eigenvalue weighted by molar-refractivity contribution is -0.190. The van der Waals surface area contributed by atoms with Gasteiger partial charge in [0.15, 0.2) is 0 Å². The van der Waals surface area contributed by atoms with Crippen LogP contribution >= 0.6 is 0 Å². The molecule has 0 radical (unpaired) electrons. The number of rotatable bonds is 2. The van der Waals surface area contributed by atoms with Gasteiger partial charge >= 0.3 is 0 Å². The van der Waals surface area contributed by atoms with Crippen LogP contribution < -0.4 is 11.5 Å². The zero-order chi connectivity index (χ0) is 15.2. The summed E-state index contributed by atoms with van der Waals surface area (Å²) in [6.45, 7) is 10.2. The predicted octanol–water partition coefficient (Wildman–Crippen LogP) is 1.00. The van der Waals surface area contributed by atoms with Crippen molar-refractivity contribution in [2.24, 2.45) is 11.5 Å². The van der Waals surface area contributed by atoms with Crippen molar-refractivity contribution in [2.75, 3.05) is 13.1 Å². The molecule has 0 bridgehead atoms. The van der Waals surface area contributed by atoms with Gasteiger partial charge in [0.1, 0.15) is 0 Å². The number of ether oxygens (including phenoxy) is 1. The molecular formula is C15H29N3O2. The molecule has 20 heavy (non-hydrogen) atoms. The van der Waals surface area contributed by atoms with Crippen LogP contribution in [0.1, 0.15) is 53.4 Å². The molecule has 0 spiro atoms. The SMILES string of the molecule is CC1(C)CN(C2CCCC(N)(C(N)=O)C2)CC(C)(C)O1. The summed E-state index contributed by atoms with van der Waals surface area (Å²) in [5.74, 6) is -0.367. The second-order valence-corrected chi connectivity index (χ2v) is 7.80. The third-order valence-corrected chi connectivity index (χ3v) is 4.49. The summed E-state index contributed by atoms with van der Waals surface area (Å²) in [7, 11) is 0. The van der Waals surface area contributed by atoms with Crippen molar-refractivity contribution in [1.82, 2.24) is 4.90 Å². The highest BCUT2D eigenvalue weighted by Gasteiger charge is 2.45. The van der Waals surface area contributed by atoms with E-state index < -0.39 is 5.54 Å². The maximum Gasteiger partial charge on any atom is 0.237 e. The second kappa shape index (κ2) is 4.97. The summed E-state index contributed by atoms with van der Waals surface area (Å²) in [5, 5.41) is 0. The first-order valence-corrected chi connectivity index (χ1v) is 7.56. The van der Waals surface area contributed by atoms with E-state index in [0.717, 1.165) is 25.9 Å². The Kier molecular flexibility index (Phi) is 3.91. The summed E-state index contributed by atoms with van der Waals surface area (Å²) in [6.07, 6.45) is 3.41. The maximum atomic E-state index is 11.6. The smallest absolute Gasteiger partial charge is 0.237 e. The summed E-state index contributed by atoms with van der Waals surface area (Å²) in [4.78, 5) is 14.1. The number of hydrogen-bond donors (Lipinski definition) is 2. The van der Waals surface area contributed by atoms with Crippen LogP contribution in [0.15, 0.2) is 0 Å². The Morgan fingerprint density at radius 3 is 2.25 bits per heavy atom. The minimum absolute atomic E-state index is 0.177. The molecule has 4 N–H and O–H groups in total. The summed E-state index contributed by atoms with van der Waals surface area (Å²) in [5.41, 5.74) is 10.5. The molecule has 1 amide bonds. The van der Waals surface area contributed by atoms with Crippen molar-refractivity contribution in [2.45, 2.75) is 76.2 Å². The normalized spacial score (nSPS) is 37.5. The van der Waals surface area contributed by atoms with Crippen LogP contribution in [0.3, 0.4) is 0 Å².